The molecule has 34 heavy (non-hydrogen) atoms. The number of sulfone groups is 1. The van der Waals surface area contributed by atoms with Gasteiger partial charge in [-0.1, -0.05) is 0 Å². The minimum Gasteiger partial charge on any atom is -0.462 e. The van der Waals surface area contributed by atoms with E-state index in [0.717, 1.165) is 36.8 Å². The van der Waals surface area contributed by atoms with E-state index in [4.69, 9.17) is 14.6 Å². The summed E-state index contributed by atoms with van der Waals surface area (Å²) in [7, 11) is -3.32. The largest absolute Gasteiger partial charge is 0.462 e. The molecule has 2 aliphatic rings. The first-order chi connectivity index (χ1) is 16.2. The van der Waals surface area contributed by atoms with Crippen LogP contribution in [0.3, 0.4) is 0 Å². The van der Waals surface area contributed by atoms with Crippen LogP contribution in [0.25, 0.3) is 0 Å². The molecule has 0 aliphatic carbocycles. The normalized spacial score (nSPS) is 17.6. The number of carbonyl (C=O) groups excluding carboxylic acids is 2. The number of hydrogen-bond donors (Lipinski definition) is 1. The van der Waals surface area contributed by atoms with E-state index < -0.39 is 15.8 Å². The first-order valence-electron chi connectivity index (χ1n) is 11.6. The highest BCUT2D eigenvalue weighted by Gasteiger charge is 2.39. The number of ether oxygens (including phenoxy) is 2. The molecule has 1 aromatic carbocycles. The monoisotopic (exact) mass is 489 g/mol. The fourth-order valence-corrected chi connectivity index (χ4v) is 5.32. The van der Waals surface area contributed by atoms with Crippen LogP contribution < -0.4 is 5.32 Å². The Morgan fingerprint density at radius 2 is 1.94 bits per heavy atom. The lowest BCUT2D eigenvalue weighted by Crippen LogP contribution is -2.40. The number of nitrogens with zero attached hydrogens (tertiary/aromatic N) is 2. The number of fused-ring (bicyclic) bond motifs is 1. The summed E-state index contributed by atoms with van der Waals surface area (Å²) in [5.41, 5.74) is 2.81. The minimum atomic E-state index is -3.32. The number of carbonyl (C=O) groups is 2. The Bertz CT molecular complexity index is 1160. The van der Waals surface area contributed by atoms with E-state index in [2.05, 4.69) is 5.32 Å². The van der Waals surface area contributed by atoms with Crippen LogP contribution in [-0.4, -0.2) is 62.7 Å². The van der Waals surface area contributed by atoms with E-state index in [1.165, 1.54) is 24.3 Å². The molecule has 1 fully saturated rings. The number of hydrogen-bond acceptors (Lipinski definition) is 7. The molecule has 2 aliphatic heterocycles. The lowest BCUT2D eigenvalue weighted by Gasteiger charge is -2.36. The molecule has 3 heterocycles. The Morgan fingerprint density at radius 1 is 1.24 bits per heavy atom. The van der Waals surface area contributed by atoms with Gasteiger partial charge in [0, 0.05) is 38.1 Å². The van der Waals surface area contributed by atoms with Crippen LogP contribution in [0.4, 0.5) is 0 Å². The van der Waals surface area contributed by atoms with Gasteiger partial charge in [0.15, 0.2) is 9.84 Å². The quantitative estimate of drug-likeness (QED) is 0.468. The highest BCUT2D eigenvalue weighted by molar-refractivity contribution is 7.90. The first kappa shape index (κ1) is 24.4. The van der Waals surface area contributed by atoms with E-state index in [1.807, 2.05) is 6.92 Å². The molecule has 1 saturated heterocycles. The second kappa shape index (κ2) is 9.87. The Morgan fingerprint density at radius 3 is 2.59 bits per heavy atom. The minimum absolute atomic E-state index is 0.0138. The molecule has 0 saturated carbocycles. The van der Waals surface area contributed by atoms with Gasteiger partial charge < -0.3 is 14.8 Å². The molecule has 184 valence electrons. The summed E-state index contributed by atoms with van der Waals surface area (Å²) >= 11 is 0. The Hall–Kier alpha value is -2.72. The van der Waals surface area contributed by atoms with Crippen LogP contribution in [-0.2, 0) is 38.7 Å². The molecule has 0 radical (unpaired) electrons. The third-order valence-corrected chi connectivity index (χ3v) is 7.82. The summed E-state index contributed by atoms with van der Waals surface area (Å²) < 4.78 is 35.9. The van der Waals surface area contributed by atoms with E-state index in [1.54, 1.807) is 4.68 Å². The molecule has 9 nitrogen and oxygen atoms in total. The van der Waals surface area contributed by atoms with Gasteiger partial charge in [-0.15, -0.1) is 0 Å². The molecule has 1 aromatic heterocycles. The zero-order valence-electron chi connectivity index (χ0n) is 19.6. The van der Waals surface area contributed by atoms with Crippen molar-refractivity contribution in [2.24, 2.45) is 5.41 Å². The van der Waals surface area contributed by atoms with Crippen LogP contribution in [0.15, 0.2) is 29.2 Å². The summed E-state index contributed by atoms with van der Waals surface area (Å²) in [6.07, 6.45) is 4.87. The van der Waals surface area contributed by atoms with E-state index in [-0.39, 0.29) is 22.8 Å². The van der Waals surface area contributed by atoms with Crippen molar-refractivity contribution in [1.29, 1.82) is 0 Å². The van der Waals surface area contributed by atoms with Crippen LogP contribution in [0.1, 0.15) is 58.3 Å². The zero-order valence-corrected chi connectivity index (χ0v) is 20.4. The van der Waals surface area contributed by atoms with Crippen LogP contribution in [0.2, 0.25) is 0 Å². The molecule has 0 bridgehead atoms. The van der Waals surface area contributed by atoms with E-state index in [0.29, 0.717) is 50.4 Å². The number of amides is 1. The number of aryl methyl sites for hydroxylation is 2. The zero-order chi connectivity index (χ0) is 24.3. The summed E-state index contributed by atoms with van der Waals surface area (Å²) in [6, 6.07) is 5.70. The topological polar surface area (TPSA) is 117 Å². The summed E-state index contributed by atoms with van der Waals surface area (Å²) in [6.45, 7) is 4.81. The second-order valence-electron chi connectivity index (χ2n) is 9.10. The maximum absolute atomic E-state index is 12.9. The highest BCUT2D eigenvalue weighted by Crippen LogP contribution is 2.37. The van der Waals surface area contributed by atoms with Gasteiger partial charge in [-0.3, -0.25) is 9.48 Å². The molecule has 10 heteroatoms. The van der Waals surface area contributed by atoms with Gasteiger partial charge >= 0.3 is 5.97 Å². The number of benzene rings is 1. The van der Waals surface area contributed by atoms with Gasteiger partial charge in [0.1, 0.15) is 5.69 Å². The van der Waals surface area contributed by atoms with Gasteiger partial charge in [0.2, 0.25) is 0 Å². The van der Waals surface area contributed by atoms with Gasteiger partial charge in [-0.2, -0.15) is 5.10 Å². The Labute approximate surface area is 199 Å². The van der Waals surface area contributed by atoms with Crippen LogP contribution in [0.5, 0.6) is 0 Å². The maximum atomic E-state index is 12.9. The molecule has 2 aromatic rings. The molecular formula is C24H31N3O6S. The van der Waals surface area contributed by atoms with Gasteiger partial charge in [-0.05, 0) is 68.7 Å². The van der Waals surface area contributed by atoms with Crippen molar-refractivity contribution >= 4 is 21.7 Å². The third-order valence-electron chi connectivity index (χ3n) is 6.69. The molecule has 1 amide bonds. The van der Waals surface area contributed by atoms with Crippen LogP contribution in [0, 0.1) is 5.41 Å². The van der Waals surface area contributed by atoms with Crippen molar-refractivity contribution in [2.75, 3.05) is 32.6 Å². The van der Waals surface area contributed by atoms with Crippen molar-refractivity contribution in [3.63, 3.8) is 0 Å². The molecule has 1 N–H and O–H groups in total. The summed E-state index contributed by atoms with van der Waals surface area (Å²) in [5.74, 6) is -0.582. The van der Waals surface area contributed by atoms with E-state index >= 15 is 0 Å². The predicted octanol–water partition coefficient (Wildman–Crippen LogP) is 2.18. The molecule has 1 spiro atoms. The van der Waals surface area contributed by atoms with Crippen molar-refractivity contribution in [1.82, 2.24) is 15.1 Å². The van der Waals surface area contributed by atoms with Gasteiger partial charge in [0.05, 0.1) is 22.8 Å². The number of nitrogens with one attached hydrogen (secondary N) is 1. The van der Waals surface area contributed by atoms with E-state index in [9.17, 15) is 18.0 Å². The maximum Gasteiger partial charge on any atom is 0.338 e. The van der Waals surface area contributed by atoms with Crippen molar-refractivity contribution < 1.29 is 27.5 Å². The fourth-order valence-electron chi connectivity index (χ4n) is 4.69. The van der Waals surface area contributed by atoms with Crippen molar-refractivity contribution in [3.05, 3.63) is 46.8 Å². The average Bonchev–Trinajstić information content (AvgIpc) is 3.10. The summed E-state index contributed by atoms with van der Waals surface area (Å²) in [5, 5.41) is 7.82. The molecule has 4 rings (SSSR count). The molecule has 0 atom stereocenters. The lowest BCUT2D eigenvalue weighted by atomic mass is 9.75. The lowest BCUT2D eigenvalue weighted by molar-refractivity contribution is 0.0160. The van der Waals surface area contributed by atoms with Gasteiger partial charge in [0.25, 0.3) is 5.91 Å². The standard InChI is InChI=1S/C24H31N3O6S/c1-3-27-21-19(15-24(16-25-22(21)28)10-13-32-14-11-24)20(26-27)5-4-12-33-23(29)17-6-8-18(9-7-17)34(2,30)31/h6-9H,3-5,10-16H2,1-2H3,(H,25,28). The van der Waals surface area contributed by atoms with Crippen molar-refractivity contribution in [3.8, 4) is 0 Å². The smallest absolute Gasteiger partial charge is 0.338 e. The van der Waals surface area contributed by atoms with Crippen LogP contribution >= 0.6 is 0 Å². The Kier molecular flexibility index (Phi) is 7.09. The number of esters is 1. The molecule has 0 unspecified atom stereocenters. The third kappa shape index (κ3) is 5.17. The Balaban J connectivity index is 1.42. The SMILES string of the molecule is CCn1nc(CCCOC(=O)c2ccc(S(C)(=O)=O)cc2)c2c1C(=O)NCC1(CCOCC1)C2. The van der Waals surface area contributed by atoms with Gasteiger partial charge in [-0.25, -0.2) is 13.2 Å². The number of aromatic nitrogens is 2. The number of rotatable bonds is 7. The predicted molar refractivity (Wildman–Crippen MR) is 125 cm³/mol. The highest BCUT2D eigenvalue weighted by atomic mass is 32.2. The van der Waals surface area contributed by atoms with Crippen molar-refractivity contribution in [2.45, 2.75) is 50.5 Å². The summed E-state index contributed by atoms with van der Waals surface area (Å²) in [4.78, 5) is 25.4. The fraction of sp³-hybridized carbons (Fsp3) is 0.542. The molecular weight excluding hydrogens is 458 g/mol. The second-order valence-corrected chi connectivity index (χ2v) is 11.1. The average molecular weight is 490 g/mol. The first-order valence-corrected chi connectivity index (χ1v) is 13.5.